The number of nitrogens with two attached hydrogens (primary N) is 1. The molecule has 0 aliphatic carbocycles. The molecule has 30 heavy (non-hydrogen) atoms. The highest BCUT2D eigenvalue weighted by Gasteiger charge is 2.40. The Morgan fingerprint density at radius 1 is 1.40 bits per heavy atom. The third-order valence-electron chi connectivity index (χ3n) is 4.74. The van der Waals surface area contributed by atoms with Crippen LogP contribution in [0.1, 0.15) is 17.4 Å². The smallest absolute Gasteiger partial charge is 0.258 e. The van der Waals surface area contributed by atoms with E-state index in [1.54, 1.807) is 37.4 Å². The summed E-state index contributed by atoms with van der Waals surface area (Å²) in [7, 11) is -1.02. The number of rotatable bonds is 3. The van der Waals surface area contributed by atoms with Gasteiger partial charge in [-0.2, -0.15) is 5.26 Å². The molecule has 0 saturated carbocycles. The monoisotopic (exact) mass is 460 g/mol. The number of thiophene rings is 1. The fourth-order valence-electron chi connectivity index (χ4n) is 3.18. The number of hydrogen-bond acceptors (Lipinski definition) is 8. The molecule has 2 N–H and O–H groups in total. The van der Waals surface area contributed by atoms with E-state index in [1.165, 1.54) is 15.6 Å². The highest BCUT2D eigenvalue weighted by Crippen LogP contribution is 2.44. The number of benzene rings is 1. The first-order valence-corrected chi connectivity index (χ1v) is 11.8. The third kappa shape index (κ3) is 3.45. The highest BCUT2D eigenvalue weighted by molar-refractivity contribution is 7.98. The first kappa shape index (κ1) is 20.4. The van der Waals surface area contributed by atoms with E-state index in [1.807, 2.05) is 6.92 Å². The van der Waals surface area contributed by atoms with Crippen molar-refractivity contribution in [2.75, 3.05) is 12.8 Å². The van der Waals surface area contributed by atoms with Crippen LogP contribution in [0, 0.1) is 11.3 Å². The van der Waals surface area contributed by atoms with Crippen molar-refractivity contribution in [1.29, 1.82) is 5.26 Å². The lowest BCUT2D eigenvalue weighted by Gasteiger charge is -2.36. The topological polar surface area (TPSA) is 121 Å². The Labute approximate surface area is 182 Å². The number of aliphatic imine (C=N–C) groups is 1. The van der Waals surface area contributed by atoms with Crippen LogP contribution in [0.25, 0.3) is 22.2 Å². The van der Waals surface area contributed by atoms with E-state index in [9.17, 15) is 4.21 Å². The summed E-state index contributed by atoms with van der Waals surface area (Å²) in [5, 5.41) is 17.7. The van der Waals surface area contributed by atoms with E-state index in [0.29, 0.717) is 31.8 Å². The average molecular weight is 461 g/mol. The molecule has 1 aromatic carbocycles. The molecule has 0 fully saturated rings. The van der Waals surface area contributed by atoms with Gasteiger partial charge >= 0.3 is 0 Å². The molecule has 0 saturated heterocycles. The van der Waals surface area contributed by atoms with E-state index in [0.717, 1.165) is 0 Å². The van der Waals surface area contributed by atoms with Gasteiger partial charge in [0.25, 0.3) is 5.89 Å². The predicted octanol–water partition coefficient (Wildman–Crippen LogP) is 3.10. The van der Waals surface area contributed by atoms with Crippen LogP contribution in [0.15, 0.2) is 39.7 Å². The second-order valence-electron chi connectivity index (χ2n) is 7.05. The van der Waals surface area contributed by atoms with Crippen LogP contribution in [0.4, 0.5) is 0 Å². The van der Waals surface area contributed by atoms with Crippen LogP contribution in [0.3, 0.4) is 0 Å². The molecule has 0 spiro atoms. The molecule has 0 amide bonds. The molecule has 3 heterocycles. The summed E-state index contributed by atoms with van der Waals surface area (Å²) in [4.78, 5) is 5.87. The van der Waals surface area contributed by atoms with Gasteiger partial charge in [-0.25, -0.2) is 9.20 Å². The lowest BCUT2D eigenvalue weighted by molar-refractivity contribution is 0.522. The molecule has 3 aromatic rings. The van der Waals surface area contributed by atoms with Crippen molar-refractivity contribution in [2.45, 2.75) is 12.5 Å². The van der Waals surface area contributed by atoms with Crippen molar-refractivity contribution in [3.63, 3.8) is 0 Å². The van der Waals surface area contributed by atoms with Gasteiger partial charge in [-0.05, 0) is 37.1 Å². The molecule has 8 nitrogen and oxygen atoms in total. The van der Waals surface area contributed by atoms with E-state index in [-0.39, 0.29) is 17.6 Å². The van der Waals surface area contributed by atoms with Crippen molar-refractivity contribution >= 4 is 44.5 Å². The fourth-order valence-corrected chi connectivity index (χ4v) is 6.49. The van der Waals surface area contributed by atoms with Gasteiger partial charge in [-0.1, -0.05) is 17.7 Å². The molecular formula is C19H17ClN6O2S2. The predicted molar refractivity (Wildman–Crippen MR) is 120 cm³/mol. The molecule has 2 atom stereocenters. The third-order valence-corrected chi connectivity index (χ3v) is 8.72. The lowest BCUT2D eigenvalue weighted by Crippen LogP contribution is -2.50. The van der Waals surface area contributed by atoms with Crippen LogP contribution in [-0.2, 0) is 15.2 Å². The number of nitrogens with zero attached hydrogens (tertiary/aromatic N) is 5. The molecule has 1 aliphatic rings. The van der Waals surface area contributed by atoms with Gasteiger partial charge in [0.15, 0.2) is 0 Å². The van der Waals surface area contributed by atoms with Crippen molar-refractivity contribution in [3.05, 3.63) is 45.8 Å². The quantitative estimate of drug-likeness (QED) is 0.599. The van der Waals surface area contributed by atoms with Crippen molar-refractivity contribution in [3.8, 4) is 28.3 Å². The zero-order valence-corrected chi connectivity index (χ0v) is 18.5. The Hall–Kier alpha value is -2.87. The van der Waals surface area contributed by atoms with Gasteiger partial charge in [0, 0.05) is 12.6 Å². The molecule has 0 radical (unpaired) electrons. The lowest BCUT2D eigenvalue weighted by atomic mass is 10.0. The van der Waals surface area contributed by atoms with Gasteiger partial charge in [-0.15, -0.1) is 21.5 Å². The maximum absolute atomic E-state index is 12.9. The zero-order valence-electron chi connectivity index (χ0n) is 16.1. The minimum atomic E-state index is -2.63. The number of halogens is 1. The zero-order chi connectivity index (χ0) is 21.7. The summed E-state index contributed by atoms with van der Waals surface area (Å²) in [6.45, 7) is 1.83. The number of guanidine groups is 1. The van der Waals surface area contributed by atoms with Gasteiger partial charge in [0.05, 0.1) is 41.9 Å². The van der Waals surface area contributed by atoms with Crippen LogP contribution < -0.4 is 5.73 Å². The summed E-state index contributed by atoms with van der Waals surface area (Å²) < 4.78 is 20.1. The van der Waals surface area contributed by atoms with E-state index in [2.05, 4.69) is 27.1 Å². The maximum Gasteiger partial charge on any atom is 0.258 e. The molecule has 4 rings (SSSR count). The molecule has 0 bridgehead atoms. The van der Waals surface area contributed by atoms with Gasteiger partial charge in [0.1, 0.15) is 5.54 Å². The Balaban J connectivity index is 1.72. The minimum absolute atomic E-state index is 0.146. The summed E-state index contributed by atoms with van der Waals surface area (Å²) >= 11 is 7.83. The minimum Gasteiger partial charge on any atom is -0.415 e. The van der Waals surface area contributed by atoms with Crippen molar-refractivity contribution in [2.24, 2.45) is 10.7 Å². The molecular weight excluding hydrogens is 444 g/mol. The van der Waals surface area contributed by atoms with E-state index in [4.69, 9.17) is 27.0 Å². The fraction of sp³-hybridized carbons (Fsp3) is 0.211. The standard InChI is InChI=1S/C19H17ClN6O2S2/c1-19(10-30(3,27)26(2)18(22)23-19)15-13(20)8-14(29-15)17-25-24-16(28-17)12-6-4-5-11(7-12)9-21/h4-8H,3,10H2,1-2H3,(H2,22,23)/t19-,30?/m0/s1. The Morgan fingerprint density at radius 2 is 2.13 bits per heavy atom. The molecule has 2 aromatic heterocycles. The SMILES string of the molecule is C=S1(=O)C[C@@](C)(c2sc(-c3nnc(-c4cccc(C#N)c4)o3)cc2Cl)N=C(N)N1C. The molecule has 1 unspecified atom stereocenters. The molecule has 1 aliphatic heterocycles. The van der Waals surface area contributed by atoms with Crippen LogP contribution in [-0.4, -0.2) is 43.3 Å². The maximum atomic E-state index is 12.9. The Morgan fingerprint density at radius 3 is 2.83 bits per heavy atom. The summed E-state index contributed by atoms with van der Waals surface area (Å²) in [5.74, 6) is 4.72. The Bertz CT molecular complexity index is 1320. The normalized spacial score (nSPS) is 23.8. The van der Waals surface area contributed by atoms with E-state index >= 15 is 0 Å². The Kier molecular flexibility index (Phi) is 4.85. The van der Waals surface area contributed by atoms with Crippen LogP contribution in [0.5, 0.6) is 0 Å². The second kappa shape index (κ2) is 7.12. The first-order valence-electron chi connectivity index (χ1n) is 8.71. The first-order chi connectivity index (χ1) is 14.1. The van der Waals surface area contributed by atoms with Gasteiger partial charge in [0.2, 0.25) is 11.9 Å². The number of hydrogen-bond donors (Lipinski definition) is 1. The molecule has 11 heteroatoms. The number of nitriles is 1. The van der Waals surface area contributed by atoms with Crippen LogP contribution in [0.2, 0.25) is 5.02 Å². The van der Waals surface area contributed by atoms with Crippen molar-refractivity contribution < 1.29 is 8.63 Å². The summed E-state index contributed by atoms with van der Waals surface area (Å²) in [6, 6.07) is 10.7. The van der Waals surface area contributed by atoms with Crippen LogP contribution >= 0.6 is 22.9 Å². The van der Waals surface area contributed by atoms with E-state index < -0.39 is 15.2 Å². The average Bonchev–Trinajstić information content (AvgIpc) is 3.33. The van der Waals surface area contributed by atoms with Gasteiger partial charge in [-0.3, -0.25) is 4.31 Å². The second-order valence-corrected chi connectivity index (χ2v) is 10.9. The van der Waals surface area contributed by atoms with Crippen molar-refractivity contribution in [1.82, 2.24) is 14.5 Å². The highest BCUT2D eigenvalue weighted by atomic mass is 35.5. The largest absolute Gasteiger partial charge is 0.415 e. The van der Waals surface area contributed by atoms with Gasteiger partial charge < -0.3 is 10.2 Å². The summed E-state index contributed by atoms with van der Waals surface area (Å²) in [6.07, 6.45) is 0. The summed E-state index contributed by atoms with van der Waals surface area (Å²) in [5.41, 5.74) is 6.23. The number of aromatic nitrogens is 2. The molecule has 154 valence electrons.